The first kappa shape index (κ1) is 19.4. The predicted molar refractivity (Wildman–Crippen MR) is 111 cm³/mol. The van der Waals surface area contributed by atoms with Gasteiger partial charge in [0.25, 0.3) is 0 Å². The Morgan fingerprint density at radius 3 is 2.37 bits per heavy atom. The van der Waals surface area contributed by atoms with E-state index in [0.717, 1.165) is 20.0 Å². The van der Waals surface area contributed by atoms with Crippen molar-refractivity contribution >= 4 is 44.2 Å². The zero-order valence-corrected chi connectivity index (χ0v) is 16.7. The largest absolute Gasteiger partial charge is 0.324 e. The van der Waals surface area contributed by atoms with Crippen LogP contribution in [0.2, 0.25) is 0 Å². The number of carbonyl (C=O) groups is 1. The van der Waals surface area contributed by atoms with Crippen LogP contribution in [0.25, 0.3) is 10.8 Å². The first-order chi connectivity index (χ1) is 12.9. The molecule has 5 nitrogen and oxygen atoms in total. The molecular weight excluding hydrogens is 380 g/mol. The Balaban J connectivity index is 1.74. The number of rotatable bonds is 6. The molecule has 3 aromatic rings. The molecule has 0 fully saturated rings. The summed E-state index contributed by atoms with van der Waals surface area (Å²) < 4.78 is 26.4. The summed E-state index contributed by atoms with van der Waals surface area (Å²) in [5.74, 6) is -0.391. The maximum absolute atomic E-state index is 12.7. The molecule has 0 bridgehead atoms. The van der Waals surface area contributed by atoms with Gasteiger partial charge in [0.15, 0.2) is 0 Å². The lowest BCUT2D eigenvalue weighted by Crippen LogP contribution is -2.35. The fraction of sp³-hybridized carbons (Fsp3) is 0.150. The van der Waals surface area contributed by atoms with E-state index in [1.165, 1.54) is 18.8 Å². The van der Waals surface area contributed by atoms with Gasteiger partial charge in [-0.2, -0.15) is 4.31 Å². The van der Waals surface area contributed by atoms with Crippen molar-refractivity contribution in [3.05, 3.63) is 66.7 Å². The van der Waals surface area contributed by atoms with Crippen molar-refractivity contribution in [1.82, 2.24) is 4.31 Å². The molecule has 1 N–H and O–H groups in total. The van der Waals surface area contributed by atoms with Gasteiger partial charge < -0.3 is 5.32 Å². The minimum Gasteiger partial charge on any atom is -0.324 e. The van der Waals surface area contributed by atoms with E-state index >= 15 is 0 Å². The maximum Gasteiger partial charge on any atom is 0.243 e. The zero-order valence-electron chi connectivity index (χ0n) is 15.0. The Bertz CT molecular complexity index is 1060. The molecule has 140 valence electrons. The summed E-state index contributed by atoms with van der Waals surface area (Å²) in [4.78, 5) is 13.6. The average Bonchev–Trinajstić information content (AvgIpc) is 2.68. The molecule has 0 aromatic heterocycles. The molecule has 0 radical (unpaired) electrons. The monoisotopic (exact) mass is 400 g/mol. The topological polar surface area (TPSA) is 66.5 Å². The number of amides is 1. The van der Waals surface area contributed by atoms with Gasteiger partial charge in [-0.25, -0.2) is 8.42 Å². The second-order valence-electron chi connectivity index (χ2n) is 6.01. The summed E-state index contributed by atoms with van der Waals surface area (Å²) >= 11 is 1.54. The summed E-state index contributed by atoms with van der Waals surface area (Å²) in [7, 11) is -2.33. The normalized spacial score (nSPS) is 11.7. The second kappa shape index (κ2) is 8.12. The third-order valence-corrected chi connectivity index (χ3v) is 6.76. The summed E-state index contributed by atoms with van der Waals surface area (Å²) in [5, 5.41) is 4.72. The number of fused-ring (bicyclic) bond motifs is 1. The lowest BCUT2D eigenvalue weighted by Gasteiger charge is -2.17. The predicted octanol–water partition coefficient (Wildman–Crippen LogP) is 3.82. The van der Waals surface area contributed by atoms with E-state index in [9.17, 15) is 13.2 Å². The molecule has 7 heteroatoms. The number of likely N-dealkylation sites (N-methyl/N-ethyl adjacent to an activating group) is 1. The highest BCUT2D eigenvalue weighted by molar-refractivity contribution is 7.98. The Morgan fingerprint density at radius 1 is 1.00 bits per heavy atom. The molecule has 0 spiro atoms. The van der Waals surface area contributed by atoms with Crippen molar-refractivity contribution in [3.8, 4) is 0 Å². The number of anilines is 1. The Kier molecular flexibility index (Phi) is 5.84. The molecule has 27 heavy (non-hydrogen) atoms. The summed E-state index contributed by atoms with van der Waals surface area (Å²) in [6, 6.07) is 19.9. The van der Waals surface area contributed by atoms with Crippen LogP contribution < -0.4 is 5.32 Å². The quantitative estimate of drug-likeness (QED) is 0.639. The van der Waals surface area contributed by atoms with Crippen LogP contribution in [0.3, 0.4) is 0 Å². The Labute approximate surface area is 163 Å². The first-order valence-electron chi connectivity index (χ1n) is 8.30. The van der Waals surface area contributed by atoms with E-state index in [-0.39, 0.29) is 11.4 Å². The van der Waals surface area contributed by atoms with Gasteiger partial charge >= 0.3 is 0 Å². The number of sulfonamides is 1. The zero-order chi connectivity index (χ0) is 19.4. The van der Waals surface area contributed by atoms with E-state index in [4.69, 9.17) is 0 Å². The van der Waals surface area contributed by atoms with Crippen LogP contribution >= 0.6 is 11.8 Å². The van der Waals surface area contributed by atoms with E-state index in [1.54, 1.807) is 30.3 Å². The molecule has 1 amide bonds. The molecule has 3 aromatic carbocycles. The minimum absolute atomic E-state index is 0.167. The summed E-state index contributed by atoms with van der Waals surface area (Å²) in [5.41, 5.74) is 0.660. The lowest BCUT2D eigenvalue weighted by atomic mass is 10.1. The van der Waals surface area contributed by atoms with Gasteiger partial charge in [-0.15, -0.1) is 11.8 Å². The molecule has 0 heterocycles. The first-order valence-corrected chi connectivity index (χ1v) is 11.0. The number of nitrogens with one attached hydrogen (secondary N) is 1. The molecule has 0 aliphatic heterocycles. The van der Waals surface area contributed by atoms with Gasteiger partial charge in [-0.1, -0.05) is 36.4 Å². The molecule has 0 aliphatic carbocycles. The number of hydrogen-bond donors (Lipinski definition) is 1. The van der Waals surface area contributed by atoms with Crippen molar-refractivity contribution in [2.45, 2.75) is 9.79 Å². The van der Waals surface area contributed by atoms with Crippen LogP contribution in [0.4, 0.5) is 5.69 Å². The minimum atomic E-state index is -3.73. The second-order valence-corrected chi connectivity index (χ2v) is 8.94. The van der Waals surface area contributed by atoms with Gasteiger partial charge in [0.05, 0.1) is 11.4 Å². The standard InChI is InChI=1S/C20H20N2O3S2/c1-22(27(24,25)17-12-10-16(26-2)11-13-17)14-20(23)21-19-9-5-7-15-6-3-4-8-18(15)19/h3-13H,14H2,1-2H3,(H,21,23). The molecule has 3 rings (SSSR count). The van der Waals surface area contributed by atoms with Crippen molar-refractivity contribution in [3.63, 3.8) is 0 Å². The third kappa shape index (κ3) is 4.32. The van der Waals surface area contributed by atoms with E-state index in [1.807, 2.05) is 42.7 Å². The molecule has 0 atom stereocenters. The average molecular weight is 401 g/mol. The SMILES string of the molecule is CSc1ccc(S(=O)(=O)N(C)CC(=O)Nc2cccc3ccccc23)cc1. The van der Waals surface area contributed by atoms with Gasteiger partial charge in [0, 0.05) is 23.0 Å². The number of benzene rings is 3. The number of nitrogens with zero attached hydrogens (tertiary/aromatic N) is 1. The van der Waals surface area contributed by atoms with E-state index in [0.29, 0.717) is 5.69 Å². The van der Waals surface area contributed by atoms with Crippen molar-refractivity contribution in [2.75, 3.05) is 25.2 Å². The summed E-state index contributed by atoms with van der Waals surface area (Å²) in [6.45, 7) is -0.268. The van der Waals surface area contributed by atoms with Gasteiger partial charge in [-0.3, -0.25) is 4.79 Å². The molecule has 0 saturated carbocycles. The van der Waals surface area contributed by atoms with Crippen LogP contribution in [0.1, 0.15) is 0 Å². The van der Waals surface area contributed by atoms with Crippen LogP contribution in [-0.4, -0.2) is 38.5 Å². The van der Waals surface area contributed by atoms with Crippen molar-refractivity contribution in [1.29, 1.82) is 0 Å². The highest BCUT2D eigenvalue weighted by atomic mass is 32.2. The van der Waals surface area contributed by atoms with Crippen molar-refractivity contribution < 1.29 is 13.2 Å². The Morgan fingerprint density at radius 2 is 1.67 bits per heavy atom. The fourth-order valence-electron chi connectivity index (χ4n) is 2.74. The molecule has 0 aliphatic rings. The maximum atomic E-state index is 12.7. The fourth-order valence-corrected chi connectivity index (χ4v) is 4.27. The van der Waals surface area contributed by atoms with Crippen molar-refractivity contribution in [2.24, 2.45) is 0 Å². The Hall–Kier alpha value is -2.35. The van der Waals surface area contributed by atoms with Crippen LogP contribution in [0.15, 0.2) is 76.5 Å². The van der Waals surface area contributed by atoms with E-state index in [2.05, 4.69) is 5.32 Å². The van der Waals surface area contributed by atoms with Gasteiger partial charge in [-0.05, 0) is 42.0 Å². The van der Waals surface area contributed by atoms with E-state index < -0.39 is 15.9 Å². The number of hydrogen-bond acceptors (Lipinski definition) is 4. The van der Waals surface area contributed by atoms with Gasteiger partial charge in [0.1, 0.15) is 0 Å². The molecule has 0 saturated heterocycles. The highest BCUT2D eigenvalue weighted by Crippen LogP contribution is 2.23. The molecular formula is C20H20N2O3S2. The van der Waals surface area contributed by atoms with Crippen LogP contribution in [-0.2, 0) is 14.8 Å². The van der Waals surface area contributed by atoms with Crippen LogP contribution in [0.5, 0.6) is 0 Å². The highest BCUT2D eigenvalue weighted by Gasteiger charge is 2.23. The number of carbonyl (C=O) groups excluding carboxylic acids is 1. The molecule has 0 unspecified atom stereocenters. The van der Waals surface area contributed by atoms with Gasteiger partial charge in [0.2, 0.25) is 15.9 Å². The number of thioether (sulfide) groups is 1. The smallest absolute Gasteiger partial charge is 0.243 e. The third-order valence-electron chi connectivity index (χ3n) is 4.20. The van der Waals surface area contributed by atoms with Crippen LogP contribution in [0, 0.1) is 0 Å². The lowest BCUT2D eigenvalue weighted by molar-refractivity contribution is -0.116. The summed E-state index contributed by atoms with van der Waals surface area (Å²) in [6.07, 6.45) is 1.92.